The first-order valence-corrected chi connectivity index (χ1v) is 8.18. The van der Waals surface area contributed by atoms with E-state index in [1.54, 1.807) is 0 Å². The number of hydrogen-bond donors (Lipinski definition) is 2. The van der Waals surface area contributed by atoms with E-state index in [4.69, 9.17) is 34.3 Å². The quantitative estimate of drug-likeness (QED) is 0.793. The average molecular weight is 385 g/mol. The third kappa shape index (κ3) is 3.22. The zero-order valence-corrected chi connectivity index (χ0v) is 13.7. The van der Waals surface area contributed by atoms with Crippen molar-refractivity contribution in [2.24, 2.45) is 0 Å². The molecule has 1 unspecified atom stereocenters. The molecule has 0 saturated heterocycles. The van der Waals surface area contributed by atoms with Crippen LogP contribution in [0.25, 0.3) is 5.69 Å². The van der Waals surface area contributed by atoms with Crippen molar-refractivity contribution in [3.63, 3.8) is 0 Å². The van der Waals surface area contributed by atoms with Crippen molar-refractivity contribution >= 4 is 46.0 Å². The average Bonchev–Trinajstić information content (AvgIpc) is 2.74. The second kappa shape index (κ2) is 6.14. The van der Waals surface area contributed by atoms with Gasteiger partial charge < -0.3 is 11.1 Å². The number of rotatable bonds is 3. The third-order valence-electron chi connectivity index (χ3n) is 2.88. The number of nitrogens with one attached hydrogen (secondary N) is 1. The molecule has 2 rings (SSSR count). The molecule has 11 heteroatoms. The Hall–Kier alpha value is -1.58. The number of benzene rings is 1. The van der Waals surface area contributed by atoms with Crippen molar-refractivity contribution in [3.8, 4) is 5.69 Å². The van der Waals surface area contributed by atoms with Crippen LogP contribution in [0.1, 0.15) is 11.3 Å². The Labute approximate surface area is 141 Å². The van der Waals surface area contributed by atoms with Crippen LogP contribution in [0.2, 0.25) is 10.0 Å². The van der Waals surface area contributed by atoms with E-state index in [2.05, 4.69) is 5.10 Å². The molecule has 5 nitrogen and oxygen atoms in total. The van der Waals surface area contributed by atoms with Crippen LogP contribution >= 0.6 is 23.2 Å². The van der Waals surface area contributed by atoms with Gasteiger partial charge in [0.05, 0.1) is 26.4 Å². The summed E-state index contributed by atoms with van der Waals surface area (Å²) < 4.78 is 50.9. The van der Waals surface area contributed by atoms with Gasteiger partial charge in [-0.1, -0.05) is 23.2 Å². The third-order valence-corrected chi connectivity index (χ3v) is 4.45. The first kappa shape index (κ1) is 17.8. The van der Waals surface area contributed by atoms with Gasteiger partial charge in [-0.2, -0.15) is 18.3 Å². The van der Waals surface area contributed by atoms with Gasteiger partial charge in [0.2, 0.25) is 0 Å². The molecule has 0 fully saturated rings. The van der Waals surface area contributed by atoms with E-state index in [0.717, 1.165) is 10.9 Å². The van der Waals surface area contributed by atoms with Crippen LogP contribution in [0.3, 0.4) is 0 Å². The van der Waals surface area contributed by atoms with Crippen molar-refractivity contribution in [1.29, 1.82) is 5.41 Å². The maximum Gasteiger partial charge on any atom is 0.416 e. The Morgan fingerprint density at radius 2 is 1.87 bits per heavy atom. The van der Waals surface area contributed by atoms with Crippen molar-refractivity contribution in [2.45, 2.75) is 11.1 Å². The number of halogens is 5. The normalized spacial score (nSPS) is 13.1. The lowest BCUT2D eigenvalue weighted by Gasteiger charge is -2.13. The summed E-state index contributed by atoms with van der Waals surface area (Å²) in [7, 11) is -1.56. The van der Waals surface area contributed by atoms with Crippen molar-refractivity contribution < 1.29 is 17.4 Å². The lowest BCUT2D eigenvalue weighted by atomic mass is 10.2. The van der Waals surface area contributed by atoms with E-state index >= 15 is 0 Å². The smallest absolute Gasteiger partial charge is 0.383 e. The number of anilines is 1. The molecule has 0 amide bonds. The molecule has 0 aliphatic rings. The van der Waals surface area contributed by atoms with Crippen molar-refractivity contribution in [3.05, 3.63) is 33.4 Å². The summed E-state index contributed by atoms with van der Waals surface area (Å²) in [6.07, 6.45) is -2.45. The Bertz CT molecular complexity index is 796. The number of aromatic nitrogens is 2. The lowest BCUT2D eigenvalue weighted by Crippen LogP contribution is -2.09. The van der Waals surface area contributed by atoms with E-state index in [1.807, 2.05) is 0 Å². The van der Waals surface area contributed by atoms with Crippen molar-refractivity contribution in [1.82, 2.24) is 9.78 Å². The van der Waals surface area contributed by atoms with Gasteiger partial charge >= 0.3 is 6.18 Å². The monoisotopic (exact) mass is 384 g/mol. The topological polar surface area (TPSA) is 84.8 Å². The zero-order chi connectivity index (χ0) is 17.5. The van der Waals surface area contributed by atoms with Crippen LogP contribution in [0, 0.1) is 5.41 Å². The molecule has 3 N–H and O–H groups in total. The van der Waals surface area contributed by atoms with Crippen LogP contribution < -0.4 is 5.73 Å². The highest BCUT2D eigenvalue weighted by molar-refractivity contribution is 7.84. The van der Waals surface area contributed by atoms with Gasteiger partial charge in [-0.05, 0) is 12.1 Å². The molecule has 0 aliphatic carbocycles. The minimum atomic E-state index is -4.61. The van der Waals surface area contributed by atoms with E-state index in [9.17, 15) is 17.4 Å². The van der Waals surface area contributed by atoms with Crippen LogP contribution in [0.4, 0.5) is 19.0 Å². The molecule has 0 saturated carbocycles. The van der Waals surface area contributed by atoms with Gasteiger partial charge in [0.1, 0.15) is 22.1 Å². The SMILES string of the molecule is CS(=O)c1c(C=N)nn(-c2c(Cl)cc(C(F)(F)F)cc2Cl)c1N. The van der Waals surface area contributed by atoms with Gasteiger partial charge in [0, 0.05) is 12.5 Å². The largest absolute Gasteiger partial charge is 0.416 e. The summed E-state index contributed by atoms with van der Waals surface area (Å²) in [4.78, 5) is 0.0760. The van der Waals surface area contributed by atoms with Gasteiger partial charge in [0.25, 0.3) is 0 Å². The number of nitrogens with zero attached hydrogens (tertiary/aromatic N) is 2. The fraction of sp³-hybridized carbons (Fsp3) is 0.167. The predicted octanol–water partition coefficient (Wildman–Crippen LogP) is 3.52. The number of alkyl halides is 3. The van der Waals surface area contributed by atoms with Gasteiger partial charge in [-0.3, -0.25) is 4.21 Å². The molecule has 1 aromatic carbocycles. The highest BCUT2D eigenvalue weighted by Gasteiger charge is 2.33. The first-order valence-electron chi connectivity index (χ1n) is 5.87. The second-order valence-corrected chi connectivity index (χ2v) is 6.53. The minimum Gasteiger partial charge on any atom is -0.383 e. The number of nitrogen functional groups attached to an aromatic ring is 1. The molecule has 0 bridgehead atoms. The molecule has 124 valence electrons. The highest BCUT2D eigenvalue weighted by atomic mass is 35.5. The summed E-state index contributed by atoms with van der Waals surface area (Å²) in [5.41, 5.74) is 4.74. The molecule has 1 aromatic heterocycles. The Morgan fingerprint density at radius 1 is 1.35 bits per heavy atom. The summed E-state index contributed by atoms with van der Waals surface area (Å²) in [6.45, 7) is 0. The molecular formula is C12H9Cl2F3N4OS. The predicted molar refractivity (Wildman–Crippen MR) is 83.2 cm³/mol. The Kier molecular flexibility index (Phi) is 4.74. The molecule has 2 aromatic rings. The van der Waals surface area contributed by atoms with Gasteiger partial charge in [-0.15, -0.1) is 0 Å². The number of hydrogen-bond acceptors (Lipinski definition) is 4. The maximum atomic E-state index is 12.8. The summed E-state index contributed by atoms with van der Waals surface area (Å²) in [5, 5.41) is 10.5. The van der Waals surface area contributed by atoms with E-state index in [1.165, 1.54) is 6.26 Å². The molecule has 1 heterocycles. The molecule has 1 atom stereocenters. The minimum absolute atomic E-state index is 0.00960. The number of nitrogens with two attached hydrogens (primary N) is 1. The van der Waals surface area contributed by atoms with E-state index in [0.29, 0.717) is 12.1 Å². The highest BCUT2D eigenvalue weighted by Crippen LogP contribution is 2.38. The maximum absolute atomic E-state index is 12.8. The van der Waals surface area contributed by atoms with Crippen LogP contribution in [0.15, 0.2) is 17.0 Å². The zero-order valence-electron chi connectivity index (χ0n) is 11.4. The summed E-state index contributed by atoms with van der Waals surface area (Å²) in [5.74, 6) is -0.118. The fourth-order valence-electron chi connectivity index (χ4n) is 1.93. The Balaban J connectivity index is 2.74. The van der Waals surface area contributed by atoms with Gasteiger partial charge in [-0.25, -0.2) is 4.68 Å². The molecule has 0 spiro atoms. The molecule has 0 aliphatic heterocycles. The Morgan fingerprint density at radius 3 is 2.22 bits per heavy atom. The van der Waals surface area contributed by atoms with Crippen LogP contribution in [0.5, 0.6) is 0 Å². The van der Waals surface area contributed by atoms with Crippen molar-refractivity contribution in [2.75, 3.05) is 12.0 Å². The molecule has 23 heavy (non-hydrogen) atoms. The van der Waals surface area contributed by atoms with E-state index in [-0.39, 0.29) is 32.1 Å². The molecule has 0 radical (unpaired) electrons. The lowest BCUT2D eigenvalue weighted by molar-refractivity contribution is -0.137. The second-order valence-electron chi connectivity index (χ2n) is 4.40. The van der Waals surface area contributed by atoms with E-state index < -0.39 is 22.5 Å². The fourth-order valence-corrected chi connectivity index (χ4v) is 3.35. The summed E-state index contributed by atoms with van der Waals surface area (Å²) in [6, 6.07) is 1.38. The first-order chi connectivity index (χ1) is 10.6. The van der Waals surface area contributed by atoms with Gasteiger partial charge in [0.15, 0.2) is 0 Å². The van der Waals surface area contributed by atoms with Crippen LogP contribution in [-0.2, 0) is 17.0 Å². The standard InChI is InChI=1S/C12H9Cl2F3N4OS/c1-23(22)10-8(4-18)20-21(11(10)19)9-6(13)2-5(3-7(9)14)12(15,16)17/h2-4,18H,19H2,1H3. The molecular weight excluding hydrogens is 376 g/mol. The van der Waals surface area contributed by atoms with Crippen LogP contribution in [-0.4, -0.2) is 26.5 Å². The summed E-state index contributed by atoms with van der Waals surface area (Å²) >= 11 is 11.8.